The van der Waals surface area contributed by atoms with Gasteiger partial charge in [-0.3, -0.25) is 4.79 Å². The van der Waals surface area contributed by atoms with E-state index in [9.17, 15) is 13.2 Å². The first kappa shape index (κ1) is 17.9. The Balaban J connectivity index is 1.42. The number of carbonyl (C=O) groups excluding carboxylic acids is 1. The summed E-state index contributed by atoms with van der Waals surface area (Å²) in [6, 6.07) is 6.28. The number of hydrogen-bond donors (Lipinski definition) is 0. The van der Waals surface area contributed by atoms with E-state index in [0.29, 0.717) is 24.5 Å². The molecule has 1 aromatic carbocycles. The average Bonchev–Trinajstić information content (AvgIpc) is 3.32. The van der Waals surface area contributed by atoms with Crippen LogP contribution >= 0.6 is 0 Å². The first-order valence-electron chi connectivity index (χ1n) is 8.84. The van der Waals surface area contributed by atoms with Crippen molar-refractivity contribution in [2.24, 2.45) is 0 Å². The molecule has 0 saturated carbocycles. The standard InChI is InChI=1S/C17H21N5O4S/c1-26-14-5-4-6-15(9-14)27(24,25)21-10-13(11-21)22-12-16(18-19-22)17(23)20-7-2-3-8-20/h4-6,9,12-13H,2-3,7-8,10-11H2,1H3. The molecule has 0 atom stereocenters. The lowest BCUT2D eigenvalue weighted by atomic mass is 10.2. The van der Waals surface area contributed by atoms with E-state index in [1.54, 1.807) is 34.0 Å². The Morgan fingerprint density at radius 1 is 1.22 bits per heavy atom. The van der Waals surface area contributed by atoms with E-state index in [1.165, 1.54) is 17.5 Å². The SMILES string of the molecule is COc1cccc(S(=O)(=O)N2CC(n3cc(C(=O)N4CCCC4)nn3)C2)c1. The molecule has 9 nitrogen and oxygen atoms in total. The van der Waals surface area contributed by atoms with Crippen LogP contribution in [-0.2, 0) is 10.0 Å². The summed E-state index contributed by atoms with van der Waals surface area (Å²) in [6.45, 7) is 2.09. The molecule has 0 unspecified atom stereocenters. The van der Waals surface area contributed by atoms with Crippen molar-refractivity contribution < 1.29 is 17.9 Å². The smallest absolute Gasteiger partial charge is 0.276 e. The van der Waals surface area contributed by atoms with Gasteiger partial charge in [0.05, 0.1) is 24.2 Å². The minimum Gasteiger partial charge on any atom is -0.497 e. The van der Waals surface area contributed by atoms with Gasteiger partial charge in [0.25, 0.3) is 5.91 Å². The summed E-state index contributed by atoms with van der Waals surface area (Å²) < 4.78 is 33.5. The number of benzene rings is 1. The van der Waals surface area contributed by atoms with Crippen molar-refractivity contribution in [2.45, 2.75) is 23.8 Å². The van der Waals surface area contributed by atoms with Crippen LogP contribution in [0.15, 0.2) is 35.4 Å². The molecular weight excluding hydrogens is 370 g/mol. The van der Waals surface area contributed by atoms with Crippen LogP contribution in [0.5, 0.6) is 5.75 Å². The van der Waals surface area contributed by atoms with E-state index in [1.807, 2.05) is 0 Å². The lowest BCUT2D eigenvalue weighted by Crippen LogP contribution is -2.50. The molecule has 3 heterocycles. The number of carbonyl (C=O) groups is 1. The number of hydrogen-bond acceptors (Lipinski definition) is 6. The molecule has 144 valence electrons. The van der Waals surface area contributed by atoms with E-state index in [-0.39, 0.29) is 16.8 Å². The molecule has 0 N–H and O–H groups in total. The largest absolute Gasteiger partial charge is 0.497 e. The third-order valence-electron chi connectivity index (χ3n) is 5.00. The molecule has 2 saturated heterocycles. The van der Waals surface area contributed by atoms with Crippen LogP contribution in [0.4, 0.5) is 0 Å². The molecule has 0 radical (unpaired) electrons. The third-order valence-corrected chi connectivity index (χ3v) is 6.83. The maximum absolute atomic E-state index is 12.7. The molecule has 1 amide bonds. The van der Waals surface area contributed by atoms with Crippen molar-refractivity contribution in [3.05, 3.63) is 36.2 Å². The van der Waals surface area contributed by atoms with E-state index in [0.717, 1.165) is 25.9 Å². The number of aromatic nitrogens is 3. The zero-order chi connectivity index (χ0) is 19.0. The van der Waals surface area contributed by atoms with Crippen LogP contribution < -0.4 is 4.74 Å². The normalized spacial score (nSPS) is 18.5. The Morgan fingerprint density at radius 2 is 1.96 bits per heavy atom. The van der Waals surface area contributed by atoms with Crippen LogP contribution in [0.25, 0.3) is 0 Å². The molecule has 10 heteroatoms. The molecule has 2 fully saturated rings. The summed E-state index contributed by atoms with van der Waals surface area (Å²) in [5, 5.41) is 7.99. The van der Waals surface area contributed by atoms with Gasteiger partial charge in [-0.05, 0) is 25.0 Å². The van der Waals surface area contributed by atoms with Gasteiger partial charge >= 0.3 is 0 Å². The molecule has 1 aromatic heterocycles. The highest BCUT2D eigenvalue weighted by atomic mass is 32.2. The molecule has 2 aromatic rings. The molecule has 0 aliphatic carbocycles. The maximum atomic E-state index is 12.7. The highest BCUT2D eigenvalue weighted by Crippen LogP contribution is 2.29. The van der Waals surface area contributed by atoms with E-state index >= 15 is 0 Å². The average molecular weight is 391 g/mol. The zero-order valence-corrected chi connectivity index (χ0v) is 15.8. The third kappa shape index (κ3) is 3.30. The number of rotatable bonds is 5. The monoisotopic (exact) mass is 391 g/mol. The minimum atomic E-state index is -3.58. The van der Waals surface area contributed by atoms with Gasteiger partial charge in [0.2, 0.25) is 10.0 Å². The van der Waals surface area contributed by atoms with Crippen molar-refractivity contribution in [1.29, 1.82) is 0 Å². The van der Waals surface area contributed by atoms with Crippen molar-refractivity contribution >= 4 is 15.9 Å². The molecular formula is C17H21N5O4S. The predicted molar refractivity (Wildman–Crippen MR) is 95.9 cm³/mol. The fraction of sp³-hybridized carbons (Fsp3) is 0.471. The van der Waals surface area contributed by atoms with Crippen molar-refractivity contribution in [3.8, 4) is 5.75 Å². The summed E-state index contributed by atoms with van der Waals surface area (Å²) in [6.07, 6.45) is 3.64. The van der Waals surface area contributed by atoms with Crippen LogP contribution in [0.1, 0.15) is 29.4 Å². The van der Waals surface area contributed by atoms with Crippen LogP contribution in [0, 0.1) is 0 Å². The first-order valence-corrected chi connectivity index (χ1v) is 10.3. The lowest BCUT2D eigenvalue weighted by Gasteiger charge is -2.37. The van der Waals surface area contributed by atoms with Gasteiger partial charge < -0.3 is 9.64 Å². The van der Waals surface area contributed by atoms with Crippen LogP contribution in [0.3, 0.4) is 0 Å². The van der Waals surface area contributed by atoms with E-state index < -0.39 is 10.0 Å². The molecule has 0 spiro atoms. The number of nitrogens with zero attached hydrogens (tertiary/aromatic N) is 5. The van der Waals surface area contributed by atoms with Gasteiger partial charge in [0, 0.05) is 32.2 Å². The van der Waals surface area contributed by atoms with Crippen molar-refractivity contribution in [1.82, 2.24) is 24.2 Å². The summed E-state index contributed by atoms with van der Waals surface area (Å²) in [5.74, 6) is 0.383. The van der Waals surface area contributed by atoms with Crippen LogP contribution in [0.2, 0.25) is 0 Å². The highest BCUT2D eigenvalue weighted by molar-refractivity contribution is 7.89. The van der Waals surface area contributed by atoms with Crippen molar-refractivity contribution in [3.63, 3.8) is 0 Å². The topological polar surface area (TPSA) is 97.6 Å². The second-order valence-corrected chi connectivity index (χ2v) is 8.68. The fourth-order valence-corrected chi connectivity index (χ4v) is 4.88. The Hall–Kier alpha value is -2.46. The summed E-state index contributed by atoms with van der Waals surface area (Å²) in [5.41, 5.74) is 0.311. The number of ether oxygens (including phenoxy) is 1. The van der Waals surface area contributed by atoms with Gasteiger partial charge in [-0.1, -0.05) is 11.3 Å². The molecule has 2 aliphatic rings. The van der Waals surface area contributed by atoms with E-state index in [2.05, 4.69) is 10.3 Å². The first-order chi connectivity index (χ1) is 13.0. The fourth-order valence-electron chi connectivity index (χ4n) is 3.33. The van der Waals surface area contributed by atoms with Crippen molar-refractivity contribution in [2.75, 3.05) is 33.3 Å². The molecule has 2 aliphatic heterocycles. The second-order valence-electron chi connectivity index (χ2n) is 6.74. The quantitative estimate of drug-likeness (QED) is 0.747. The molecule has 0 bridgehead atoms. The predicted octanol–water partition coefficient (Wildman–Crippen LogP) is 0.768. The number of amides is 1. The Morgan fingerprint density at radius 3 is 2.67 bits per heavy atom. The number of likely N-dealkylation sites (tertiary alicyclic amines) is 1. The summed E-state index contributed by atoms with van der Waals surface area (Å²) in [7, 11) is -2.08. The summed E-state index contributed by atoms with van der Waals surface area (Å²) in [4.78, 5) is 14.3. The van der Waals surface area contributed by atoms with Gasteiger partial charge in [-0.2, -0.15) is 4.31 Å². The van der Waals surface area contributed by atoms with Gasteiger partial charge in [-0.25, -0.2) is 13.1 Å². The molecule has 4 rings (SSSR count). The van der Waals surface area contributed by atoms with E-state index in [4.69, 9.17) is 4.74 Å². The Labute approximate surface area is 157 Å². The lowest BCUT2D eigenvalue weighted by molar-refractivity contribution is 0.0786. The highest BCUT2D eigenvalue weighted by Gasteiger charge is 2.39. The number of sulfonamides is 1. The summed E-state index contributed by atoms with van der Waals surface area (Å²) >= 11 is 0. The van der Waals surface area contributed by atoms with Gasteiger partial charge in [0.1, 0.15) is 5.75 Å². The van der Waals surface area contributed by atoms with Gasteiger partial charge in [0.15, 0.2) is 5.69 Å². The Kier molecular flexibility index (Phi) is 4.60. The Bertz CT molecular complexity index is 946. The van der Waals surface area contributed by atoms with Crippen LogP contribution in [-0.4, -0.2) is 71.8 Å². The zero-order valence-electron chi connectivity index (χ0n) is 15.0. The maximum Gasteiger partial charge on any atom is 0.276 e. The van der Waals surface area contributed by atoms with Gasteiger partial charge in [-0.15, -0.1) is 5.10 Å². The molecule has 27 heavy (non-hydrogen) atoms. The minimum absolute atomic E-state index is 0.112. The number of methoxy groups -OCH3 is 1. The second kappa shape index (κ2) is 6.93.